The van der Waals surface area contributed by atoms with Crippen LogP contribution in [0.4, 0.5) is 5.82 Å². The molecule has 0 radical (unpaired) electrons. The van der Waals surface area contributed by atoms with Gasteiger partial charge in [0.15, 0.2) is 5.82 Å². The summed E-state index contributed by atoms with van der Waals surface area (Å²) in [5, 5.41) is 13.1. The monoisotopic (exact) mass is 627 g/mol. The molecule has 11 heteroatoms. The molecule has 0 saturated carbocycles. The van der Waals surface area contributed by atoms with Crippen molar-refractivity contribution in [1.29, 1.82) is 0 Å². The largest absolute Gasteiger partial charge is 0.382 e. The van der Waals surface area contributed by atoms with Gasteiger partial charge in [-0.1, -0.05) is 41.9 Å². The minimum Gasteiger partial charge on any atom is -0.382 e. The Morgan fingerprint density at radius 1 is 1.10 bits per heavy atom. The van der Waals surface area contributed by atoms with Gasteiger partial charge in [0.05, 0.1) is 34.7 Å². The van der Waals surface area contributed by atoms with Gasteiger partial charge in [0.1, 0.15) is 5.65 Å². The zero-order chi connectivity index (χ0) is 28.2. The van der Waals surface area contributed by atoms with E-state index in [1.807, 2.05) is 53.0 Å². The van der Waals surface area contributed by atoms with Crippen molar-refractivity contribution >= 4 is 55.8 Å². The van der Waals surface area contributed by atoms with Gasteiger partial charge in [0, 0.05) is 39.5 Å². The first kappa shape index (κ1) is 25.6. The fourth-order valence-electron chi connectivity index (χ4n) is 5.55. The molecule has 0 atom stereocenters. The molecule has 41 heavy (non-hydrogen) atoms. The van der Waals surface area contributed by atoms with Gasteiger partial charge in [-0.05, 0) is 64.3 Å². The number of carbonyl (C=O) groups is 1. The second kappa shape index (κ2) is 9.90. The minimum atomic E-state index is -0.152. The van der Waals surface area contributed by atoms with Crippen LogP contribution in [-0.4, -0.2) is 41.7 Å². The minimum absolute atomic E-state index is 0.132. The summed E-state index contributed by atoms with van der Waals surface area (Å²) in [7, 11) is 0. The lowest BCUT2D eigenvalue weighted by atomic mass is 10.0. The number of amides is 1. The number of nitrogens with two attached hydrogens (primary N) is 1. The molecule has 1 aliphatic rings. The maximum Gasteiger partial charge on any atom is 0.261 e. The number of rotatable bonds is 4. The van der Waals surface area contributed by atoms with Gasteiger partial charge < -0.3 is 10.6 Å². The van der Waals surface area contributed by atoms with Crippen LogP contribution in [0.15, 0.2) is 82.2 Å². The maximum atomic E-state index is 14.2. The van der Waals surface area contributed by atoms with Gasteiger partial charge in [-0.15, -0.1) is 0 Å². The Labute approximate surface area is 247 Å². The number of benzene rings is 3. The first-order valence-corrected chi connectivity index (χ1v) is 14.2. The number of fused-ring (bicyclic) bond motifs is 4. The highest BCUT2D eigenvalue weighted by molar-refractivity contribution is 9.10. The summed E-state index contributed by atoms with van der Waals surface area (Å²) >= 11 is 9.65. The zero-order valence-corrected chi connectivity index (χ0v) is 24.0. The molecule has 0 bridgehead atoms. The van der Waals surface area contributed by atoms with Crippen LogP contribution in [0, 0.1) is 0 Å². The second-order valence-electron chi connectivity index (χ2n) is 10.1. The van der Waals surface area contributed by atoms with Crippen molar-refractivity contribution in [2.45, 2.75) is 19.4 Å². The van der Waals surface area contributed by atoms with Crippen molar-refractivity contribution in [2.24, 2.45) is 0 Å². The molecule has 3 aromatic heterocycles. The van der Waals surface area contributed by atoms with Crippen LogP contribution < -0.4 is 11.3 Å². The van der Waals surface area contributed by atoms with Gasteiger partial charge >= 0.3 is 0 Å². The summed E-state index contributed by atoms with van der Waals surface area (Å²) in [6.07, 6.45) is 2.79. The first-order chi connectivity index (χ1) is 19.9. The van der Waals surface area contributed by atoms with Crippen molar-refractivity contribution in [1.82, 2.24) is 29.3 Å². The van der Waals surface area contributed by atoms with Crippen molar-refractivity contribution in [3.63, 3.8) is 0 Å². The Morgan fingerprint density at radius 2 is 1.93 bits per heavy atom. The van der Waals surface area contributed by atoms with E-state index in [0.29, 0.717) is 58.4 Å². The molecular weight excluding hydrogens is 606 g/mol. The number of anilines is 1. The highest BCUT2D eigenvalue weighted by Crippen LogP contribution is 2.28. The SMILES string of the molecule is Nc1n[nH]c2cc(-n3c(=O)c4c(n5ncc(Cc6ccccc6)c35)CN(C(=O)c3ccc(Br)c(Cl)c3)CC4)ccc12. The van der Waals surface area contributed by atoms with Gasteiger partial charge in [0.2, 0.25) is 0 Å². The molecule has 4 heterocycles. The summed E-state index contributed by atoms with van der Waals surface area (Å²) in [6, 6.07) is 20.8. The van der Waals surface area contributed by atoms with Crippen LogP contribution in [0.3, 0.4) is 0 Å². The predicted molar refractivity (Wildman–Crippen MR) is 162 cm³/mol. The lowest BCUT2D eigenvalue weighted by Gasteiger charge is -2.30. The Hall–Kier alpha value is -4.41. The molecule has 204 valence electrons. The van der Waals surface area contributed by atoms with Gasteiger partial charge in [-0.2, -0.15) is 10.2 Å². The number of hydrogen-bond acceptors (Lipinski definition) is 5. The topological polar surface area (TPSA) is 114 Å². The number of halogens is 2. The average molecular weight is 629 g/mol. The highest BCUT2D eigenvalue weighted by Gasteiger charge is 2.29. The third-order valence-electron chi connectivity index (χ3n) is 7.59. The second-order valence-corrected chi connectivity index (χ2v) is 11.3. The molecule has 3 N–H and O–H groups in total. The van der Waals surface area contributed by atoms with Crippen LogP contribution in [-0.2, 0) is 19.4 Å². The molecule has 1 aliphatic heterocycles. The molecule has 0 aliphatic carbocycles. The summed E-state index contributed by atoms with van der Waals surface area (Å²) in [6.45, 7) is 0.644. The van der Waals surface area contributed by atoms with Crippen molar-refractivity contribution in [3.05, 3.63) is 121 Å². The average Bonchev–Trinajstić information content (AvgIpc) is 3.57. The molecule has 0 fully saturated rings. The molecule has 7 rings (SSSR count). The normalized spacial score (nSPS) is 13.2. The fraction of sp³-hybridized carbons (Fsp3) is 0.133. The standard InChI is InChI=1S/C30H23BrClN7O2/c31-23-9-6-18(13-24(23)32)29(40)37-11-10-22-26(16-37)39-28(19(15-34-39)12-17-4-2-1-3-5-17)38(30(22)41)20-7-8-21-25(14-20)35-36-27(21)33/h1-9,13-15H,10-12,16H2,(H3,33,35,36). The highest BCUT2D eigenvalue weighted by atomic mass is 79.9. The molecule has 0 unspecified atom stereocenters. The van der Waals surface area contributed by atoms with E-state index < -0.39 is 0 Å². The van der Waals surface area contributed by atoms with Crippen LogP contribution >= 0.6 is 27.5 Å². The smallest absolute Gasteiger partial charge is 0.261 e. The number of hydrogen-bond donors (Lipinski definition) is 2. The van der Waals surface area contributed by atoms with Gasteiger partial charge in [0.25, 0.3) is 11.5 Å². The quantitative estimate of drug-likeness (QED) is 0.280. The lowest BCUT2D eigenvalue weighted by Crippen LogP contribution is -2.41. The van der Waals surface area contributed by atoms with E-state index in [4.69, 9.17) is 22.4 Å². The van der Waals surface area contributed by atoms with E-state index >= 15 is 0 Å². The predicted octanol–water partition coefficient (Wildman–Crippen LogP) is 5.15. The van der Waals surface area contributed by atoms with E-state index in [-0.39, 0.29) is 18.0 Å². The van der Waals surface area contributed by atoms with Gasteiger partial charge in [-0.25, -0.2) is 4.52 Å². The van der Waals surface area contributed by atoms with E-state index in [0.717, 1.165) is 26.5 Å². The van der Waals surface area contributed by atoms with Crippen molar-refractivity contribution < 1.29 is 4.79 Å². The number of aromatic nitrogens is 5. The van der Waals surface area contributed by atoms with Crippen LogP contribution in [0.1, 0.15) is 32.7 Å². The lowest BCUT2D eigenvalue weighted by molar-refractivity contribution is 0.0729. The third-order valence-corrected chi connectivity index (χ3v) is 8.82. The fourth-order valence-corrected chi connectivity index (χ4v) is 5.97. The Balaban J connectivity index is 1.39. The molecule has 3 aromatic carbocycles. The number of nitrogens with one attached hydrogen (secondary N) is 1. The van der Waals surface area contributed by atoms with Crippen molar-refractivity contribution in [2.75, 3.05) is 12.3 Å². The Kier molecular flexibility index (Phi) is 6.17. The molecule has 9 nitrogen and oxygen atoms in total. The van der Waals surface area contributed by atoms with Crippen LogP contribution in [0.25, 0.3) is 22.2 Å². The summed E-state index contributed by atoms with van der Waals surface area (Å²) in [4.78, 5) is 29.5. The number of nitrogens with zero attached hydrogens (tertiary/aromatic N) is 5. The van der Waals surface area contributed by atoms with Crippen LogP contribution in [0.2, 0.25) is 5.02 Å². The van der Waals surface area contributed by atoms with Crippen molar-refractivity contribution in [3.8, 4) is 5.69 Å². The molecule has 1 amide bonds. The summed E-state index contributed by atoms with van der Waals surface area (Å²) in [5.41, 5.74) is 11.8. The zero-order valence-electron chi connectivity index (χ0n) is 21.6. The number of H-pyrrole nitrogens is 1. The Bertz CT molecular complexity index is 2050. The molecular formula is C30H23BrClN7O2. The molecule has 6 aromatic rings. The number of carbonyl (C=O) groups excluding carboxylic acids is 1. The van der Waals surface area contributed by atoms with E-state index in [1.165, 1.54) is 0 Å². The number of nitrogen functional groups attached to an aromatic ring is 1. The first-order valence-electron chi connectivity index (χ1n) is 13.0. The summed E-state index contributed by atoms with van der Waals surface area (Å²) in [5.74, 6) is 0.252. The summed E-state index contributed by atoms with van der Waals surface area (Å²) < 4.78 is 4.25. The Morgan fingerprint density at radius 3 is 2.73 bits per heavy atom. The molecule has 0 spiro atoms. The maximum absolute atomic E-state index is 14.2. The molecule has 0 saturated heterocycles. The number of aromatic amines is 1. The van der Waals surface area contributed by atoms with E-state index in [1.54, 1.807) is 33.9 Å². The van der Waals surface area contributed by atoms with Crippen LogP contribution in [0.5, 0.6) is 0 Å². The van der Waals surface area contributed by atoms with E-state index in [2.05, 4.69) is 26.1 Å². The third kappa shape index (κ3) is 4.30. The van der Waals surface area contributed by atoms with E-state index in [9.17, 15) is 9.59 Å². The van der Waals surface area contributed by atoms with Gasteiger partial charge in [-0.3, -0.25) is 19.3 Å².